The largest absolute Gasteiger partial charge is 0.497 e. The van der Waals surface area contributed by atoms with Gasteiger partial charge in [0, 0.05) is 29.9 Å². The van der Waals surface area contributed by atoms with Gasteiger partial charge in [0.25, 0.3) is 5.91 Å². The first-order valence-corrected chi connectivity index (χ1v) is 12.9. The lowest BCUT2D eigenvalue weighted by Crippen LogP contribution is -2.67. The van der Waals surface area contributed by atoms with Gasteiger partial charge >= 0.3 is 0 Å². The van der Waals surface area contributed by atoms with Gasteiger partial charge in [-0.3, -0.25) is 9.59 Å². The Morgan fingerprint density at radius 3 is 2.38 bits per heavy atom. The van der Waals surface area contributed by atoms with Gasteiger partial charge in [0.15, 0.2) is 5.54 Å². The molecule has 6 heteroatoms. The van der Waals surface area contributed by atoms with Crippen molar-refractivity contribution in [1.29, 1.82) is 0 Å². The van der Waals surface area contributed by atoms with Crippen LogP contribution in [-0.2, 0) is 28.1 Å². The van der Waals surface area contributed by atoms with Crippen molar-refractivity contribution in [2.45, 2.75) is 38.3 Å². The maximum Gasteiger partial charge on any atom is 0.255 e. The summed E-state index contributed by atoms with van der Waals surface area (Å²) in [4.78, 5) is 34.9. The number of nitrogens with one attached hydrogen (secondary N) is 1. The monoisotopic (exact) mass is 493 g/mol. The Hall–Kier alpha value is -4.06. The Morgan fingerprint density at radius 1 is 0.973 bits per heavy atom. The van der Waals surface area contributed by atoms with Crippen LogP contribution in [0.4, 0.5) is 0 Å². The van der Waals surface area contributed by atoms with E-state index in [0.717, 1.165) is 45.5 Å². The molecule has 3 aromatic carbocycles. The van der Waals surface area contributed by atoms with E-state index in [2.05, 4.69) is 42.2 Å². The Labute approximate surface area is 216 Å². The van der Waals surface area contributed by atoms with E-state index in [1.165, 1.54) is 5.56 Å². The number of methoxy groups -OCH3 is 1. The first-order valence-electron chi connectivity index (χ1n) is 12.9. The second kappa shape index (κ2) is 8.80. The first-order chi connectivity index (χ1) is 17.9. The molecule has 37 heavy (non-hydrogen) atoms. The number of amides is 2. The summed E-state index contributed by atoms with van der Waals surface area (Å²) < 4.78 is 5.27. The summed E-state index contributed by atoms with van der Waals surface area (Å²) in [7, 11) is 1.63. The number of hydrogen-bond donors (Lipinski definition) is 1. The van der Waals surface area contributed by atoms with Gasteiger partial charge in [-0.15, -0.1) is 0 Å². The van der Waals surface area contributed by atoms with Crippen LogP contribution in [0, 0.1) is 0 Å². The molecule has 0 aliphatic carbocycles. The molecule has 1 aromatic heterocycles. The van der Waals surface area contributed by atoms with E-state index >= 15 is 0 Å². The van der Waals surface area contributed by atoms with Crippen molar-refractivity contribution in [2.75, 3.05) is 20.2 Å². The molecule has 1 unspecified atom stereocenters. The molecule has 1 saturated heterocycles. The molecule has 188 valence electrons. The Kier molecular flexibility index (Phi) is 5.55. The molecule has 0 bridgehead atoms. The topological polar surface area (TPSA) is 65.6 Å². The van der Waals surface area contributed by atoms with Gasteiger partial charge in [0.05, 0.1) is 12.8 Å². The highest BCUT2D eigenvalue weighted by Crippen LogP contribution is 2.48. The summed E-state index contributed by atoms with van der Waals surface area (Å²) in [5, 5.41) is 1.11. The van der Waals surface area contributed by atoms with Crippen LogP contribution in [0.1, 0.15) is 47.7 Å². The molecule has 0 spiro atoms. The molecule has 2 amide bonds. The zero-order valence-corrected chi connectivity index (χ0v) is 21.5. The minimum atomic E-state index is -1.10. The van der Waals surface area contributed by atoms with E-state index in [1.807, 2.05) is 49.4 Å². The van der Waals surface area contributed by atoms with Crippen molar-refractivity contribution in [3.05, 3.63) is 101 Å². The highest BCUT2D eigenvalue weighted by atomic mass is 16.5. The lowest BCUT2D eigenvalue weighted by molar-refractivity contribution is -0.166. The second-order valence-corrected chi connectivity index (χ2v) is 10.2. The van der Waals surface area contributed by atoms with Gasteiger partial charge in [-0.25, -0.2) is 0 Å². The number of aryl methyl sites for hydroxylation is 1. The van der Waals surface area contributed by atoms with Gasteiger partial charge in [-0.2, -0.15) is 0 Å². The van der Waals surface area contributed by atoms with Crippen LogP contribution in [0.3, 0.4) is 0 Å². The lowest BCUT2D eigenvalue weighted by atomic mass is 9.76. The van der Waals surface area contributed by atoms with E-state index in [-0.39, 0.29) is 24.3 Å². The molecule has 6 nitrogen and oxygen atoms in total. The highest BCUT2D eigenvalue weighted by molar-refractivity contribution is 6.01. The fourth-order valence-corrected chi connectivity index (χ4v) is 6.04. The van der Waals surface area contributed by atoms with Crippen LogP contribution in [0.25, 0.3) is 10.9 Å². The Balaban J connectivity index is 1.45. The predicted molar refractivity (Wildman–Crippen MR) is 143 cm³/mol. The molecule has 0 radical (unpaired) electrons. The number of rotatable bonds is 5. The summed E-state index contributed by atoms with van der Waals surface area (Å²) in [5.74, 6) is 0.650. The Bertz CT molecular complexity index is 1490. The molecule has 1 fully saturated rings. The van der Waals surface area contributed by atoms with Crippen molar-refractivity contribution in [1.82, 2.24) is 14.8 Å². The van der Waals surface area contributed by atoms with E-state index in [0.29, 0.717) is 13.1 Å². The third-order valence-corrected chi connectivity index (χ3v) is 8.14. The average molecular weight is 494 g/mol. The lowest BCUT2D eigenvalue weighted by Gasteiger charge is -2.51. The Morgan fingerprint density at radius 2 is 1.68 bits per heavy atom. The van der Waals surface area contributed by atoms with Crippen LogP contribution >= 0.6 is 0 Å². The van der Waals surface area contributed by atoms with Gasteiger partial charge in [0.1, 0.15) is 12.3 Å². The van der Waals surface area contributed by atoms with Crippen LogP contribution in [0.2, 0.25) is 0 Å². The summed E-state index contributed by atoms with van der Waals surface area (Å²) in [5.41, 5.74) is 5.22. The van der Waals surface area contributed by atoms with Gasteiger partial charge < -0.3 is 19.5 Å². The number of fused-ring (bicyclic) bond motifs is 5. The first kappa shape index (κ1) is 23.3. The highest BCUT2D eigenvalue weighted by Gasteiger charge is 2.56. The molecule has 3 heterocycles. The van der Waals surface area contributed by atoms with Crippen LogP contribution < -0.4 is 4.74 Å². The summed E-state index contributed by atoms with van der Waals surface area (Å²) >= 11 is 0. The van der Waals surface area contributed by atoms with E-state index < -0.39 is 5.54 Å². The molecule has 2 atom stereocenters. The molecule has 6 rings (SSSR count). The third-order valence-electron chi connectivity index (χ3n) is 8.14. The van der Waals surface area contributed by atoms with Crippen molar-refractivity contribution >= 4 is 22.7 Å². The van der Waals surface area contributed by atoms with Crippen LogP contribution in [0.5, 0.6) is 5.75 Å². The minimum absolute atomic E-state index is 0.0185. The molecule has 2 aliphatic rings. The summed E-state index contributed by atoms with van der Waals surface area (Å²) in [6.45, 7) is 4.96. The normalized spacial score (nSPS) is 21.2. The number of nitrogens with zero attached hydrogens (tertiary/aromatic N) is 2. The summed E-state index contributed by atoms with van der Waals surface area (Å²) in [6, 6.07) is 24.5. The van der Waals surface area contributed by atoms with Crippen molar-refractivity contribution in [3.63, 3.8) is 0 Å². The molecular weight excluding hydrogens is 462 g/mol. The molecule has 0 saturated carbocycles. The second-order valence-electron chi connectivity index (χ2n) is 10.2. The maximum absolute atomic E-state index is 14.2. The third kappa shape index (κ3) is 3.62. The molecule has 1 N–H and O–H groups in total. The minimum Gasteiger partial charge on any atom is -0.497 e. The summed E-state index contributed by atoms with van der Waals surface area (Å²) in [6.07, 6.45) is 0.977. The number of aromatic amines is 1. The number of benzene rings is 3. The smallest absolute Gasteiger partial charge is 0.255 e. The molecular formula is C31H31N3O3. The number of piperazine rings is 1. The van der Waals surface area contributed by atoms with E-state index in [4.69, 9.17) is 4.74 Å². The van der Waals surface area contributed by atoms with E-state index in [1.54, 1.807) is 16.9 Å². The fraction of sp³-hybridized carbons (Fsp3) is 0.290. The zero-order chi connectivity index (χ0) is 25.7. The van der Waals surface area contributed by atoms with Gasteiger partial charge in [-0.05, 0) is 53.8 Å². The van der Waals surface area contributed by atoms with Crippen LogP contribution in [-0.4, -0.2) is 46.8 Å². The van der Waals surface area contributed by atoms with Crippen LogP contribution in [0.15, 0.2) is 72.8 Å². The number of carbonyl (C=O) groups is 2. The maximum atomic E-state index is 14.2. The number of ether oxygens (including phenoxy) is 1. The predicted octanol–water partition coefficient (Wildman–Crippen LogP) is 4.97. The molecule has 2 aliphatic heterocycles. The fourth-order valence-electron chi connectivity index (χ4n) is 6.04. The number of aromatic nitrogens is 1. The zero-order valence-electron chi connectivity index (χ0n) is 21.5. The quantitative estimate of drug-likeness (QED) is 0.427. The number of hydrogen-bond acceptors (Lipinski definition) is 3. The van der Waals surface area contributed by atoms with Gasteiger partial charge in [-0.1, -0.05) is 61.5 Å². The number of carbonyl (C=O) groups excluding carboxylic acids is 2. The van der Waals surface area contributed by atoms with E-state index in [9.17, 15) is 9.59 Å². The van der Waals surface area contributed by atoms with Crippen molar-refractivity contribution in [3.8, 4) is 5.75 Å². The average Bonchev–Trinajstić information content (AvgIpc) is 3.33. The van der Waals surface area contributed by atoms with Gasteiger partial charge in [0.2, 0.25) is 5.91 Å². The number of para-hydroxylation sites is 1. The van der Waals surface area contributed by atoms with Crippen molar-refractivity contribution in [2.24, 2.45) is 0 Å². The molecule has 4 aromatic rings. The standard InChI is InChI=1S/C31H31N3O3/c1-4-20-9-13-22(14-10-20)25-18-34-27(35)19-33(17-21-11-15-23(37-3)16-12-21)30(36)31(34,2)29-28(25)24-7-5-6-8-26(24)32-29/h5-16,25,32H,4,17-19H2,1-3H3/t25?,31-/m0/s1. The van der Waals surface area contributed by atoms with Crippen molar-refractivity contribution < 1.29 is 14.3 Å². The SMILES string of the molecule is CCc1ccc(C2CN3C(=O)CN(Cc4ccc(OC)cc4)C(=O)[C@]3(C)c3[nH]c4ccccc4c32)cc1. The number of H-pyrrole nitrogens is 1.